The number of carbonyl (C=O) groups is 1. The Morgan fingerprint density at radius 3 is 2.64 bits per heavy atom. The number of benzene rings is 2. The molecule has 0 unspecified atom stereocenters. The van der Waals surface area contributed by atoms with E-state index in [2.05, 4.69) is 24.0 Å². The number of rotatable bonds is 9. The fourth-order valence-corrected chi connectivity index (χ4v) is 5.02. The summed E-state index contributed by atoms with van der Waals surface area (Å²) >= 11 is 1.59. The van der Waals surface area contributed by atoms with Crippen molar-refractivity contribution in [1.82, 2.24) is 9.88 Å². The lowest BCUT2D eigenvalue weighted by Crippen LogP contribution is -2.39. The Hall–Kier alpha value is -2.19. The Morgan fingerprint density at radius 1 is 1.18 bits per heavy atom. The number of para-hydroxylation sites is 1. The summed E-state index contributed by atoms with van der Waals surface area (Å²) in [7, 11) is 0. The highest BCUT2D eigenvalue weighted by Gasteiger charge is 2.21. The van der Waals surface area contributed by atoms with Gasteiger partial charge >= 0.3 is 0 Å². The van der Waals surface area contributed by atoms with Crippen LogP contribution in [0.5, 0.6) is 5.75 Å². The molecule has 6 nitrogen and oxygen atoms in total. The van der Waals surface area contributed by atoms with Gasteiger partial charge in [0.2, 0.25) is 5.91 Å². The number of thiazole rings is 1. The van der Waals surface area contributed by atoms with Crippen molar-refractivity contribution in [2.24, 2.45) is 0 Å². The topological polar surface area (TPSA) is 54.9 Å². The van der Waals surface area contributed by atoms with Gasteiger partial charge in [0.05, 0.1) is 36.5 Å². The van der Waals surface area contributed by atoms with Crippen molar-refractivity contribution >= 4 is 45.0 Å². The van der Waals surface area contributed by atoms with E-state index in [4.69, 9.17) is 14.5 Å². The average molecular weight is 490 g/mol. The zero-order valence-electron chi connectivity index (χ0n) is 19.3. The SMILES string of the molecule is CCOc1ccc(CC(=O)N(CCCN2CCOCC2)c2nc3c(C)cccc3s2)cc1.Cl. The highest BCUT2D eigenvalue weighted by molar-refractivity contribution is 7.22. The molecule has 1 aliphatic heterocycles. The van der Waals surface area contributed by atoms with Gasteiger partial charge in [0.25, 0.3) is 0 Å². The molecule has 0 atom stereocenters. The Kier molecular flexibility index (Phi) is 9.50. The van der Waals surface area contributed by atoms with Crippen molar-refractivity contribution in [2.75, 3.05) is 50.9 Å². The standard InChI is InChI=1S/C25H31N3O3S.ClH/c1-3-31-21-10-8-20(9-11-21)18-23(29)28(13-5-12-27-14-16-30-17-15-27)25-26-24-19(2)6-4-7-22(24)32-25;/h4,6-11H,3,5,12-18H2,1-2H3;1H. The lowest BCUT2D eigenvalue weighted by atomic mass is 10.1. The predicted molar refractivity (Wildman–Crippen MR) is 137 cm³/mol. The maximum Gasteiger partial charge on any atom is 0.233 e. The number of aromatic nitrogens is 1. The van der Waals surface area contributed by atoms with Crippen LogP contribution in [-0.4, -0.2) is 61.8 Å². The molecule has 0 bridgehead atoms. The van der Waals surface area contributed by atoms with Crippen LogP contribution in [0.2, 0.25) is 0 Å². The number of fused-ring (bicyclic) bond motifs is 1. The van der Waals surface area contributed by atoms with Crippen LogP contribution in [0.25, 0.3) is 10.2 Å². The van der Waals surface area contributed by atoms with Gasteiger partial charge in [-0.2, -0.15) is 0 Å². The zero-order chi connectivity index (χ0) is 22.3. The maximum absolute atomic E-state index is 13.4. The van der Waals surface area contributed by atoms with Crippen molar-refractivity contribution in [3.05, 3.63) is 53.6 Å². The molecule has 1 aliphatic rings. The summed E-state index contributed by atoms with van der Waals surface area (Å²) in [6.07, 6.45) is 1.25. The van der Waals surface area contributed by atoms with Gasteiger partial charge in [-0.25, -0.2) is 4.98 Å². The van der Waals surface area contributed by atoms with Gasteiger partial charge in [-0.1, -0.05) is 35.6 Å². The molecule has 33 heavy (non-hydrogen) atoms. The first-order chi connectivity index (χ1) is 15.6. The molecule has 8 heteroatoms. The molecule has 1 saturated heterocycles. The number of morpholine rings is 1. The second-order valence-corrected chi connectivity index (χ2v) is 9.03. The number of nitrogens with zero attached hydrogens (tertiary/aromatic N) is 3. The van der Waals surface area contributed by atoms with Crippen LogP contribution in [0.4, 0.5) is 5.13 Å². The molecule has 1 amide bonds. The first kappa shape index (κ1) is 25.4. The number of aryl methyl sites for hydroxylation is 1. The quantitative estimate of drug-likeness (QED) is 0.435. The fourth-order valence-electron chi connectivity index (χ4n) is 3.93. The summed E-state index contributed by atoms with van der Waals surface area (Å²) in [5.74, 6) is 0.903. The fraction of sp³-hybridized carbons (Fsp3) is 0.440. The molecule has 2 aromatic carbocycles. The van der Waals surface area contributed by atoms with Crippen LogP contribution in [-0.2, 0) is 16.0 Å². The van der Waals surface area contributed by atoms with Crippen molar-refractivity contribution < 1.29 is 14.3 Å². The number of ether oxygens (including phenoxy) is 2. The Bertz CT molecular complexity index is 1040. The highest BCUT2D eigenvalue weighted by atomic mass is 35.5. The molecule has 1 aromatic heterocycles. The molecule has 0 spiro atoms. The minimum absolute atomic E-state index is 0. The summed E-state index contributed by atoms with van der Waals surface area (Å²) in [5.41, 5.74) is 3.10. The number of hydrogen-bond acceptors (Lipinski definition) is 6. The number of carbonyl (C=O) groups excluding carboxylic acids is 1. The van der Waals surface area contributed by atoms with Crippen LogP contribution in [0.1, 0.15) is 24.5 Å². The van der Waals surface area contributed by atoms with Gasteiger partial charge in [-0.15, -0.1) is 12.4 Å². The molecule has 0 radical (unpaired) electrons. The van der Waals surface area contributed by atoms with Crippen molar-refractivity contribution in [3.8, 4) is 5.75 Å². The van der Waals surface area contributed by atoms with Gasteiger partial charge in [0.1, 0.15) is 5.75 Å². The van der Waals surface area contributed by atoms with E-state index in [9.17, 15) is 4.79 Å². The summed E-state index contributed by atoms with van der Waals surface area (Å²) in [5, 5.41) is 0.784. The minimum Gasteiger partial charge on any atom is -0.494 e. The van der Waals surface area contributed by atoms with E-state index in [0.717, 1.165) is 71.5 Å². The second kappa shape index (κ2) is 12.3. The van der Waals surface area contributed by atoms with E-state index in [-0.39, 0.29) is 18.3 Å². The van der Waals surface area contributed by atoms with Gasteiger partial charge in [0, 0.05) is 26.2 Å². The lowest BCUT2D eigenvalue weighted by molar-refractivity contribution is -0.118. The monoisotopic (exact) mass is 489 g/mol. The molecule has 2 heterocycles. The first-order valence-electron chi connectivity index (χ1n) is 11.3. The Morgan fingerprint density at radius 2 is 1.94 bits per heavy atom. The van der Waals surface area contributed by atoms with Gasteiger partial charge in [-0.3, -0.25) is 14.6 Å². The highest BCUT2D eigenvalue weighted by Crippen LogP contribution is 2.31. The third-order valence-electron chi connectivity index (χ3n) is 5.69. The lowest BCUT2D eigenvalue weighted by Gasteiger charge is -2.27. The zero-order valence-corrected chi connectivity index (χ0v) is 20.9. The van der Waals surface area contributed by atoms with Crippen LogP contribution < -0.4 is 9.64 Å². The Balaban J connectivity index is 0.00000306. The van der Waals surface area contributed by atoms with Gasteiger partial charge < -0.3 is 9.47 Å². The molecular formula is C25H32ClN3O3S. The minimum atomic E-state index is 0. The van der Waals surface area contributed by atoms with Crippen LogP contribution in [0.15, 0.2) is 42.5 Å². The molecule has 0 N–H and O–H groups in total. The summed E-state index contributed by atoms with van der Waals surface area (Å²) in [6, 6.07) is 14.0. The average Bonchev–Trinajstić information content (AvgIpc) is 3.24. The van der Waals surface area contributed by atoms with E-state index in [1.807, 2.05) is 42.2 Å². The molecule has 1 fully saturated rings. The third kappa shape index (κ3) is 6.67. The van der Waals surface area contributed by atoms with Gasteiger partial charge in [-0.05, 0) is 49.6 Å². The molecular weight excluding hydrogens is 458 g/mol. The van der Waals surface area contributed by atoms with Crippen LogP contribution >= 0.6 is 23.7 Å². The third-order valence-corrected chi connectivity index (χ3v) is 6.73. The van der Waals surface area contributed by atoms with Crippen LogP contribution in [0, 0.1) is 6.92 Å². The normalized spacial score (nSPS) is 14.1. The Labute approximate surface area is 205 Å². The van der Waals surface area contributed by atoms with Gasteiger partial charge in [0.15, 0.2) is 5.13 Å². The van der Waals surface area contributed by atoms with E-state index >= 15 is 0 Å². The van der Waals surface area contributed by atoms with E-state index in [1.165, 1.54) is 0 Å². The molecule has 3 aromatic rings. The second-order valence-electron chi connectivity index (χ2n) is 8.02. The van der Waals surface area contributed by atoms with E-state index < -0.39 is 0 Å². The maximum atomic E-state index is 13.4. The summed E-state index contributed by atoms with van der Waals surface area (Å²) in [4.78, 5) is 22.5. The number of amides is 1. The van der Waals surface area contributed by atoms with E-state index in [1.54, 1.807) is 11.3 Å². The molecule has 4 rings (SSSR count). The summed E-state index contributed by atoms with van der Waals surface area (Å²) < 4.78 is 12.1. The molecule has 0 aliphatic carbocycles. The number of hydrogen-bond donors (Lipinski definition) is 0. The summed E-state index contributed by atoms with van der Waals surface area (Å²) in [6.45, 7) is 9.77. The van der Waals surface area contributed by atoms with Crippen molar-refractivity contribution in [3.63, 3.8) is 0 Å². The number of anilines is 1. The number of halogens is 1. The predicted octanol–water partition coefficient (Wildman–Crippen LogP) is 4.72. The van der Waals surface area contributed by atoms with Crippen molar-refractivity contribution in [2.45, 2.75) is 26.7 Å². The largest absolute Gasteiger partial charge is 0.494 e. The van der Waals surface area contributed by atoms with E-state index in [0.29, 0.717) is 19.6 Å². The molecule has 178 valence electrons. The molecule has 0 saturated carbocycles. The van der Waals surface area contributed by atoms with Crippen LogP contribution in [0.3, 0.4) is 0 Å². The smallest absolute Gasteiger partial charge is 0.233 e. The van der Waals surface area contributed by atoms with Crippen molar-refractivity contribution in [1.29, 1.82) is 0 Å². The first-order valence-corrected chi connectivity index (χ1v) is 12.1.